The Kier molecular flexibility index (Phi) is 7.66. The normalized spacial score (nSPS) is 16.4. The number of hydrogen-bond donors (Lipinski definition) is 3. The lowest BCUT2D eigenvalue weighted by Gasteiger charge is -2.32. The summed E-state index contributed by atoms with van der Waals surface area (Å²) in [6, 6.07) is 5.26. The minimum atomic E-state index is -3.58. The number of nitrogens with one attached hydrogen (secondary N) is 3. The number of hydrogen-bond acceptors (Lipinski definition) is 5. The number of rotatable bonds is 7. The molecule has 1 saturated heterocycles. The molecule has 0 bridgehead atoms. The number of likely N-dealkylation sites (tertiary alicyclic amines) is 1. The predicted octanol–water partition coefficient (Wildman–Crippen LogP) is 1.70. The van der Waals surface area contributed by atoms with E-state index in [4.69, 9.17) is 0 Å². The molecular formula is C18H30N4O5S2. The number of piperidine rings is 1. The lowest BCUT2D eigenvalue weighted by molar-refractivity contribution is 0.193. The van der Waals surface area contributed by atoms with Gasteiger partial charge in [-0.3, -0.25) is 0 Å². The van der Waals surface area contributed by atoms with Crippen LogP contribution in [0, 0.1) is 0 Å². The Morgan fingerprint density at radius 1 is 1.00 bits per heavy atom. The van der Waals surface area contributed by atoms with Gasteiger partial charge < -0.3 is 10.2 Å². The molecule has 1 aromatic carbocycles. The van der Waals surface area contributed by atoms with Gasteiger partial charge in [0.05, 0.1) is 10.1 Å². The maximum atomic E-state index is 12.4. The van der Waals surface area contributed by atoms with E-state index in [1.54, 1.807) is 32.6 Å². The van der Waals surface area contributed by atoms with E-state index < -0.39 is 25.3 Å². The van der Waals surface area contributed by atoms with Crippen LogP contribution >= 0.6 is 0 Å². The van der Waals surface area contributed by atoms with E-state index >= 15 is 0 Å². The van der Waals surface area contributed by atoms with Crippen molar-refractivity contribution < 1.29 is 21.6 Å². The highest BCUT2D eigenvalue weighted by Gasteiger charge is 2.27. The Morgan fingerprint density at radius 2 is 1.55 bits per heavy atom. The first-order chi connectivity index (χ1) is 13.4. The first-order valence-corrected chi connectivity index (χ1v) is 12.6. The van der Waals surface area contributed by atoms with Crippen molar-refractivity contribution in [1.82, 2.24) is 14.3 Å². The Labute approximate surface area is 173 Å². The molecule has 1 heterocycles. The highest BCUT2D eigenvalue weighted by atomic mass is 32.2. The minimum absolute atomic E-state index is 0.127. The summed E-state index contributed by atoms with van der Waals surface area (Å²) in [7, 11) is -6.91. The smallest absolute Gasteiger partial charge is 0.321 e. The van der Waals surface area contributed by atoms with Crippen molar-refractivity contribution >= 4 is 31.8 Å². The molecule has 0 radical (unpaired) electrons. The van der Waals surface area contributed by atoms with Crippen molar-refractivity contribution in [2.24, 2.45) is 0 Å². The van der Waals surface area contributed by atoms with E-state index in [0.717, 1.165) is 0 Å². The van der Waals surface area contributed by atoms with Crippen molar-refractivity contribution in [3.63, 3.8) is 0 Å². The van der Waals surface area contributed by atoms with Crippen molar-refractivity contribution in [3.8, 4) is 0 Å². The average Bonchev–Trinajstić information content (AvgIpc) is 2.61. The molecule has 0 atom stereocenters. The van der Waals surface area contributed by atoms with Crippen molar-refractivity contribution in [3.05, 3.63) is 24.3 Å². The van der Waals surface area contributed by atoms with E-state index in [2.05, 4.69) is 14.8 Å². The number of carbonyl (C=O) groups is 1. The van der Waals surface area contributed by atoms with Crippen LogP contribution in [0.25, 0.3) is 0 Å². The van der Waals surface area contributed by atoms with Crippen LogP contribution in [-0.2, 0) is 20.0 Å². The van der Waals surface area contributed by atoms with E-state index in [9.17, 15) is 21.6 Å². The summed E-state index contributed by atoms with van der Waals surface area (Å²) in [4.78, 5) is 14.2. The topological polar surface area (TPSA) is 125 Å². The van der Waals surface area contributed by atoms with Crippen LogP contribution < -0.4 is 14.8 Å². The van der Waals surface area contributed by atoms with Crippen molar-refractivity contribution in [2.45, 2.75) is 62.8 Å². The zero-order valence-electron chi connectivity index (χ0n) is 17.2. The largest absolute Gasteiger partial charge is 0.324 e. The Hall–Kier alpha value is -1.69. The molecule has 11 heteroatoms. The standard InChI is InChI=1S/C18H30N4O5S2/c1-13(2)20-29(26,27)17-7-5-15(6-8-17)19-18(23)22-11-9-16(10-12-22)21-28(24,25)14(3)4/h5-8,13-14,16,20-21H,9-12H2,1-4H3,(H,19,23). The van der Waals surface area contributed by atoms with E-state index in [-0.39, 0.29) is 23.0 Å². The zero-order valence-corrected chi connectivity index (χ0v) is 18.8. The summed E-state index contributed by atoms with van der Waals surface area (Å²) in [6.07, 6.45) is 1.08. The third-order valence-electron chi connectivity index (χ3n) is 4.54. The molecule has 0 unspecified atom stereocenters. The van der Waals surface area contributed by atoms with Gasteiger partial charge in [0.25, 0.3) is 0 Å². The minimum Gasteiger partial charge on any atom is -0.324 e. The summed E-state index contributed by atoms with van der Waals surface area (Å²) >= 11 is 0. The Morgan fingerprint density at radius 3 is 2.03 bits per heavy atom. The molecule has 164 valence electrons. The van der Waals surface area contributed by atoms with Gasteiger partial charge in [0.2, 0.25) is 20.0 Å². The molecule has 1 aromatic rings. The second-order valence-electron chi connectivity index (χ2n) is 7.70. The van der Waals surface area contributed by atoms with Gasteiger partial charge in [-0.2, -0.15) is 0 Å². The van der Waals surface area contributed by atoms with Crippen LogP contribution in [0.15, 0.2) is 29.2 Å². The lowest BCUT2D eigenvalue weighted by Crippen LogP contribution is -2.48. The van der Waals surface area contributed by atoms with Gasteiger partial charge >= 0.3 is 6.03 Å². The van der Waals surface area contributed by atoms with Crippen LogP contribution in [-0.4, -0.2) is 58.2 Å². The van der Waals surface area contributed by atoms with Gasteiger partial charge in [-0.15, -0.1) is 0 Å². The highest BCUT2D eigenvalue weighted by Crippen LogP contribution is 2.17. The summed E-state index contributed by atoms with van der Waals surface area (Å²) in [5, 5.41) is 2.25. The molecule has 3 N–H and O–H groups in total. The summed E-state index contributed by atoms with van der Waals surface area (Å²) < 4.78 is 53.4. The van der Waals surface area contributed by atoms with Gasteiger partial charge in [-0.05, 0) is 64.8 Å². The fourth-order valence-corrected chi connectivity index (χ4v) is 5.09. The third-order valence-corrected chi connectivity index (χ3v) is 8.12. The second kappa shape index (κ2) is 9.41. The molecule has 0 aromatic heterocycles. The van der Waals surface area contributed by atoms with E-state index in [1.807, 2.05) is 0 Å². The maximum absolute atomic E-state index is 12.4. The van der Waals surface area contributed by atoms with Crippen LogP contribution in [0.2, 0.25) is 0 Å². The third kappa shape index (κ3) is 6.66. The van der Waals surface area contributed by atoms with Gasteiger partial charge in [-0.1, -0.05) is 0 Å². The molecule has 2 amide bonds. The molecule has 9 nitrogen and oxygen atoms in total. The zero-order chi connectivity index (χ0) is 21.8. The SMILES string of the molecule is CC(C)NS(=O)(=O)c1ccc(NC(=O)N2CCC(NS(=O)(=O)C(C)C)CC2)cc1. The summed E-state index contributed by atoms with van der Waals surface area (Å²) in [6.45, 7) is 7.59. The quantitative estimate of drug-likeness (QED) is 0.588. The summed E-state index contributed by atoms with van der Waals surface area (Å²) in [5.74, 6) is 0. The van der Waals surface area contributed by atoms with Crippen molar-refractivity contribution in [2.75, 3.05) is 18.4 Å². The Balaban J connectivity index is 1.90. The maximum Gasteiger partial charge on any atom is 0.321 e. The number of benzene rings is 1. The molecule has 0 aliphatic carbocycles. The average molecular weight is 447 g/mol. The van der Waals surface area contributed by atoms with Crippen LogP contribution in [0.5, 0.6) is 0 Å². The summed E-state index contributed by atoms with van der Waals surface area (Å²) in [5.41, 5.74) is 0.487. The molecule has 1 aliphatic heterocycles. The molecule has 1 fully saturated rings. The number of nitrogens with zero attached hydrogens (tertiary/aromatic N) is 1. The van der Waals surface area contributed by atoms with Crippen LogP contribution in [0.1, 0.15) is 40.5 Å². The molecule has 0 spiro atoms. The number of urea groups is 1. The number of sulfonamides is 2. The van der Waals surface area contributed by atoms with Gasteiger partial charge in [-0.25, -0.2) is 31.1 Å². The molecule has 2 rings (SSSR count). The number of carbonyl (C=O) groups excluding carboxylic acids is 1. The molecular weight excluding hydrogens is 416 g/mol. The second-order valence-corrected chi connectivity index (χ2v) is 11.7. The Bertz CT molecular complexity index is 904. The van der Waals surface area contributed by atoms with E-state index in [1.165, 1.54) is 24.3 Å². The monoisotopic (exact) mass is 446 g/mol. The van der Waals surface area contributed by atoms with E-state index in [0.29, 0.717) is 31.6 Å². The predicted molar refractivity (Wildman–Crippen MR) is 113 cm³/mol. The number of amides is 2. The fraction of sp³-hybridized carbons (Fsp3) is 0.611. The first-order valence-electron chi connectivity index (χ1n) is 9.60. The van der Waals surface area contributed by atoms with Crippen LogP contribution in [0.3, 0.4) is 0 Å². The van der Waals surface area contributed by atoms with Gasteiger partial charge in [0.15, 0.2) is 0 Å². The van der Waals surface area contributed by atoms with Crippen LogP contribution in [0.4, 0.5) is 10.5 Å². The molecule has 29 heavy (non-hydrogen) atoms. The number of anilines is 1. The molecule has 1 aliphatic rings. The van der Waals surface area contributed by atoms with Gasteiger partial charge in [0.1, 0.15) is 0 Å². The van der Waals surface area contributed by atoms with Crippen molar-refractivity contribution in [1.29, 1.82) is 0 Å². The first kappa shape index (κ1) is 23.6. The fourth-order valence-electron chi connectivity index (χ4n) is 2.87. The lowest BCUT2D eigenvalue weighted by atomic mass is 10.1. The van der Waals surface area contributed by atoms with Gasteiger partial charge in [0, 0.05) is 30.9 Å². The highest BCUT2D eigenvalue weighted by molar-refractivity contribution is 7.90. The molecule has 0 saturated carbocycles.